The van der Waals surface area contributed by atoms with Gasteiger partial charge in [-0.15, -0.1) is 0 Å². The summed E-state index contributed by atoms with van der Waals surface area (Å²) in [7, 11) is 0. The molecule has 0 amide bonds. The topological polar surface area (TPSA) is 98.6 Å². The minimum absolute atomic E-state index is 0.0454. The van der Waals surface area contributed by atoms with E-state index in [4.69, 9.17) is 5.73 Å². The molecule has 23 heavy (non-hydrogen) atoms. The predicted molar refractivity (Wildman–Crippen MR) is 89.6 cm³/mol. The number of aliphatic imine (C=N–C) groups is 1. The Balaban J connectivity index is 1.87. The summed E-state index contributed by atoms with van der Waals surface area (Å²) < 4.78 is 0. The van der Waals surface area contributed by atoms with Gasteiger partial charge in [0, 0.05) is 17.7 Å². The zero-order valence-corrected chi connectivity index (χ0v) is 12.8. The number of Topliss-reactive ketones (excluding diaryl/α,β-unsaturated/α-hetero) is 1. The molecule has 6 nitrogen and oxygen atoms in total. The van der Waals surface area contributed by atoms with Crippen LogP contribution < -0.4 is 5.73 Å². The van der Waals surface area contributed by atoms with Crippen LogP contribution in [0.3, 0.4) is 0 Å². The number of benzene rings is 2. The molecular weight excluding hydrogens is 314 g/mol. The highest BCUT2D eigenvalue weighted by molar-refractivity contribution is 8.15. The van der Waals surface area contributed by atoms with Crippen LogP contribution in [-0.2, 0) is 0 Å². The van der Waals surface area contributed by atoms with E-state index in [2.05, 4.69) is 4.99 Å². The summed E-state index contributed by atoms with van der Waals surface area (Å²) >= 11 is 1.23. The Morgan fingerprint density at radius 3 is 2.39 bits per heavy atom. The highest BCUT2D eigenvalue weighted by Crippen LogP contribution is 2.38. The third-order valence-corrected chi connectivity index (χ3v) is 4.64. The van der Waals surface area contributed by atoms with Crippen molar-refractivity contribution in [2.75, 3.05) is 0 Å². The molecule has 2 N–H and O–H groups in total. The Morgan fingerprint density at radius 2 is 1.78 bits per heavy atom. The summed E-state index contributed by atoms with van der Waals surface area (Å²) in [5, 5.41) is 10.6. The molecule has 116 valence electrons. The van der Waals surface area contributed by atoms with Crippen LogP contribution in [0.2, 0.25) is 0 Å². The predicted octanol–water partition coefficient (Wildman–Crippen LogP) is 2.95. The lowest BCUT2D eigenvalue weighted by atomic mass is 9.98. The molecular formula is C16H13N3O3S. The van der Waals surface area contributed by atoms with Gasteiger partial charge in [0.15, 0.2) is 11.0 Å². The summed E-state index contributed by atoms with van der Waals surface area (Å²) in [4.78, 5) is 27.3. The van der Waals surface area contributed by atoms with Crippen molar-refractivity contribution in [3.8, 4) is 0 Å². The number of thioether (sulfide) groups is 1. The molecule has 0 saturated carbocycles. The number of carbonyl (C=O) groups is 1. The van der Waals surface area contributed by atoms with Gasteiger partial charge in [-0.1, -0.05) is 42.1 Å². The molecule has 0 radical (unpaired) electrons. The lowest BCUT2D eigenvalue weighted by Gasteiger charge is -2.16. The number of rotatable bonds is 4. The second-order valence-corrected chi connectivity index (χ2v) is 6.19. The van der Waals surface area contributed by atoms with E-state index in [9.17, 15) is 14.9 Å². The minimum Gasteiger partial charge on any atom is -0.378 e. The lowest BCUT2D eigenvalue weighted by molar-refractivity contribution is -0.384. The van der Waals surface area contributed by atoms with Crippen LogP contribution in [0.1, 0.15) is 22.0 Å². The maximum atomic E-state index is 12.7. The standard InChI is InChI=1S/C16H13N3O3S/c17-16-18-13(10-4-2-1-3-5-10)15(23-16)14(20)11-6-8-12(9-7-11)19(21)22/h1-9,13,15H,(H2,17,18)/t13-,15-/m1/s1. The van der Waals surface area contributed by atoms with E-state index >= 15 is 0 Å². The number of hydrogen-bond donors (Lipinski definition) is 1. The number of ketones is 1. The van der Waals surface area contributed by atoms with Gasteiger partial charge in [0.2, 0.25) is 0 Å². The highest BCUT2D eigenvalue weighted by atomic mass is 32.2. The number of nitro groups is 1. The van der Waals surface area contributed by atoms with Gasteiger partial charge in [0.1, 0.15) is 5.25 Å². The fourth-order valence-electron chi connectivity index (χ4n) is 2.44. The van der Waals surface area contributed by atoms with Crippen molar-refractivity contribution < 1.29 is 9.72 Å². The van der Waals surface area contributed by atoms with E-state index in [-0.39, 0.29) is 17.5 Å². The summed E-state index contributed by atoms with van der Waals surface area (Å²) in [6.45, 7) is 0. The van der Waals surface area contributed by atoms with Crippen LogP contribution in [0.25, 0.3) is 0 Å². The van der Waals surface area contributed by atoms with Crippen molar-refractivity contribution in [1.82, 2.24) is 0 Å². The molecule has 1 heterocycles. The number of amidine groups is 1. The summed E-state index contributed by atoms with van der Waals surface area (Å²) in [6.07, 6.45) is 0. The number of non-ortho nitro benzene ring substituents is 1. The maximum absolute atomic E-state index is 12.7. The van der Waals surface area contributed by atoms with Crippen LogP contribution in [0.5, 0.6) is 0 Å². The highest BCUT2D eigenvalue weighted by Gasteiger charge is 2.36. The molecule has 1 aliphatic rings. The third-order valence-electron chi connectivity index (χ3n) is 3.56. The molecule has 2 atom stereocenters. The van der Waals surface area contributed by atoms with Crippen molar-refractivity contribution >= 4 is 28.4 Å². The van der Waals surface area contributed by atoms with Crippen molar-refractivity contribution in [2.24, 2.45) is 10.7 Å². The van der Waals surface area contributed by atoms with Gasteiger partial charge in [-0.05, 0) is 17.7 Å². The molecule has 1 aliphatic heterocycles. The zero-order chi connectivity index (χ0) is 16.4. The zero-order valence-electron chi connectivity index (χ0n) is 12.0. The Kier molecular flexibility index (Phi) is 4.12. The van der Waals surface area contributed by atoms with Crippen molar-refractivity contribution in [3.63, 3.8) is 0 Å². The Bertz CT molecular complexity index is 775. The van der Waals surface area contributed by atoms with Crippen LogP contribution in [0.15, 0.2) is 59.6 Å². The van der Waals surface area contributed by atoms with Crippen LogP contribution in [0, 0.1) is 10.1 Å². The largest absolute Gasteiger partial charge is 0.378 e. The van der Waals surface area contributed by atoms with E-state index in [0.717, 1.165) is 5.56 Å². The van der Waals surface area contributed by atoms with Gasteiger partial charge < -0.3 is 5.73 Å². The molecule has 0 saturated heterocycles. The van der Waals surface area contributed by atoms with Gasteiger partial charge in [0.25, 0.3) is 5.69 Å². The maximum Gasteiger partial charge on any atom is 0.269 e. The van der Waals surface area contributed by atoms with Crippen LogP contribution >= 0.6 is 11.8 Å². The number of hydrogen-bond acceptors (Lipinski definition) is 6. The van der Waals surface area contributed by atoms with Gasteiger partial charge in [-0.3, -0.25) is 19.9 Å². The van der Waals surface area contributed by atoms with Crippen molar-refractivity contribution in [2.45, 2.75) is 11.3 Å². The normalized spacial score (nSPS) is 20.1. The molecule has 2 aromatic rings. The molecule has 3 rings (SSSR count). The number of nitro benzene ring substituents is 1. The number of nitrogens with zero attached hydrogens (tertiary/aromatic N) is 2. The van der Waals surface area contributed by atoms with E-state index in [1.807, 2.05) is 30.3 Å². The number of nitrogens with two attached hydrogens (primary N) is 1. The molecule has 0 spiro atoms. The van der Waals surface area contributed by atoms with Gasteiger partial charge in [0.05, 0.1) is 11.0 Å². The number of carbonyl (C=O) groups excluding carboxylic acids is 1. The SMILES string of the molecule is NC1=N[C@H](c2ccccc2)[C@H](C(=O)c2ccc([N+](=O)[O-])cc2)S1. The molecule has 2 aromatic carbocycles. The first-order valence-corrected chi connectivity index (χ1v) is 7.78. The lowest BCUT2D eigenvalue weighted by Crippen LogP contribution is -2.22. The molecule has 0 unspecified atom stereocenters. The summed E-state index contributed by atoms with van der Waals surface area (Å²) in [5.41, 5.74) is 7.09. The quantitative estimate of drug-likeness (QED) is 0.529. The van der Waals surface area contributed by atoms with E-state index in [1.54, 1.807) is 0 Å². The first-order chi connectivity index (χ1) is 11.1. The Labute approximate surface area is 136 Å². The molecule has 0 fully saturated rings. The average Bonchev–Trinajstić information content (AvgIpc) is 2.97. The molecule has 0 bridgehead atoms. The first-order valence-electron chi connectivity index (χ1n) is 6.90. The average molecular weight is 327 g/mol. The first kappa shape index (κ1) is 15.2. The van der Waals surface area contributed by atoms with Crippen LogP contribution in [-0.4, -0.2) is 21.1 Å². The van der Waals surface area contributed by atoms with E-state index in [1.165, 1.54) is 36.0 Å². The summed E-state index contributed by atoms with van der Waals surface area (Å²) in [5.74, 6) is -0.136. The fraction of sp³-hybridized carbons (Fsp3) is 0.125. The van der Waals surface area contributed by atoms with Gasteiger partial charge >= 0.3 is 0 Å². The molecule has 7 heteroatoms. The third kappa shape index (κ3) is 3.09. The van der Waals surface area contributed by atoms with E-state index < -0.39 is 10.2 Å². The Morgan fingerprint density at radius 1 is 1.13 bits per heavy atom. The smallest absolute Gasteiger partial charge is 0.269 e. The molecule has 0 aliphatic carbocycles. The summed E-state index contributed by atoms with van der Waals surface area (Å²) in [6, 6.07) is 14.7. The molecule has 0 aromatic heterocycles. The minimum atomic E-state index is -0.494. The van der Waals surface area contributed by atoms with Gasteiger partial charge in [-0.25, -0.2) is 0 Å². The Hall–Kier alpha value is -2.67. The van der Waals surface area contributed by atoms with Gasteiger partial charge in [-0.2, -0.15) is 0 Å². The van der Waals surface area contributed by atoms with Crippen LogP contribution in [0.4, 0.5) is 5.69 Å². The van der Waals surface area contributed by atoms with Crippen molar-refractivity contribution in [1.29, 1.82) is 0 Å². The van der Waals surface area contributed by atoms with E-state index in [0.29, 0.717) is 10.7 Å². The van der Waals surface area contributed by atoms with Crippen molar-refractivity contribution in [3.05, 3.63) is 75.8 Å². The monoisotopic (exact) mass is 327 g/mol. The second-order valence-electron chi connectivity index (χ2n) is 5.03. The second kappa shape index (κ2) is 6.21. The fourth-order valence-corrected chi connectivity index (χ4v) is 3.46.